The summed E-state index contributed by atoms with van der Waals surface area (Å²) in [6, 6.07) is 6.10. The highest BCUT2D eigenvalue weighted by molar-refractivity contribution is 9.10. The number of nitrogens with one attached hydrogen (secondary N) is 1. The SMILES string of the molecule is Cc1cc(Nc2ncc([N+](=O)[O-])cc2Br)ccc1C(=O)O. The number of nitrogens with zero attached hydrogens (tertiary/aromatic N) is 2. The predicted molar refractivity (Wildman–Crippen MR) is 80.0 cm³/mol. The maximum absolute atomic E-state index is 10.9. The molecule has 0 spiro atoms. The third-order valence-electron chi connectivity index (χ3n) is 2.76. The van der Waals surface area contributed by atoms with E-state index in [-0.39, 0.29) is 11.3 Å². The lowest BCUT2D eigenvalue weighted by molar-refractivity contribution is -0.385. The number of benzene rings is 1. The number of aromatic carboxylic acids is 1. The number of rotatable bonds is 4. The molecule has 1 aromatic carbocycles. The zero-order chi connectivity index (χ0) is 15.6. The lowest BCUT2D eigenvalue weighted by atomic mass is 10.1. The van der Waals surface area contributed by atoms with Crippen molar-refractivity contribution in [1.82, 2.24) is 4.98 Å². The van der Waals surface area contributed by atoms with Gasteiger partial charge in [-0.2, -0.15) is 0 Å². The van der Waals surface area contributed by atoms with Crippen LogP contribution in [0.4, 0.5) is 17.2 Å². The highest BCUT2D eigenvalue weighted by atomic mass is 79.9. The standard InChI is InChI=1S/C13H10BrN3O4/c1-7-4-8(2-3-10(7)13(18)19)16-12-11(14)5-9(6-15-12)17(20)21/h2-6H,1H3,(H,15,16)(H,18,19). The van der Waals surface area contributed by atoms with Crippen molar-refractivity contribution in [3.63, 3.8) is 0 Å². The summed E-state index contributed by atoms with van der Waals surface area (Å²) in [7, 11) is 0. The van der Waals surface area contributed by atoms with Gasteiger partial charge < -0.3 is 10.4 Å². The minimum absolute atomic E-state index is 0.121. The van der Waals surface area contributed by atoms with Crippen LogP contribution in [0.2, 0.25) is 0 Å². The summed E-state index contributed by atoms with van der Waals surface area (Å²) < 4.78 is 0.441. The van der Waals surface area contributed by atoms with Crippen LogP contribution in [-0.4, -0.2) is 21.0 Å². The first-order valence-corrected chi connectivity index (χ1v) is 6.58. The molecule has 0 fully saturated rings. The zero-order valence-electron chi connectivity index (χ0n) is 10.8. The fraction of sp³-hybridized carbons (Fsp3) is 0.0769. The van der Waals surface area contributed by atoms with E-state index in [2.05, 4.69) is 26.2 Å². The zero-order valence-corrected chi connectivity index (χ0v) is 12.4. The minimum Gasteiger partial charge on any atom is -0.478 e. The number of hydrogen-bond donors (Lipinski definition) is 2. The van der Waals surface area contributed by atoms with E-state index < -0.39 is 10.9 Å². The second-order valence-corrected chi connectivity index (χ2v) is 5.10. The maximum atomic E-state index is 10.9. The molecule has 21 heavy (non-hydrogen) atoms. The van der Waals surface area contributed by atoms with Crippen LogP contribution in [0.3, 0.4) is 0 Å². The van der Waals surface area contributed by atoms with Gasteiger partial charge in [-0.15, -0.1) is 0 Å². The Morgan fingerprint density at radius 2 is 2.14 bits per heavy atom. The molecule has 1 heterocycles. The smallest absolute Gasteiger partial charge is 0.335 e. The first kappa shape index (κ1) is 14.9. The van der Waals surface area contributed by atoms with E-state index in [9.17, 15) is 14.9 Å². The van der Waals surface area contributed by atoms with Gasteiger partial charge in [0.2, 0.25) is 0 Å². The molecule has 0 bridgehead atoms. The molecule has 0 amide bonds. The van der Waals surface area contributed by atoms with Gasteiger partial charge in [0.25, 0.3) is 5.69 Å². The third kappa shape index (κ3) is 3.34. The molecule has 0 saturated carbocycles. The van der Waals surface area contributed by atoms with E-state index in [0.29, 0.717) is 21.5 Å². The Morgan fingerprint density at radius 3 is 2.67 bits per heavy atom. The van der Waals surface area contributed by atoms with E-state index in [1.165, 1.54) is 12.1 Å². The van der Waals surface area contributed by atoms with Crippen LogP contribution < -0.4 is 5.32 Å². The van der Waals surface area contributed by atoms with Gasteiger partial charge in [0.05, 0.1) is 15.0 Å². The molecule has 0 saturated heterocycles. The molecule has 2 N–H and O–H groups in total. The number of pyridine rings is 1. The summed E-state index contributed by atoms with van der Waals surface area (Å²) >= 11 is 3.21. The molecule has 0 radical (unpaired) electrons. The number of carboxylic acid groups (broad SMARTS) is 1. The van der Waals surface area contributed by atoms with Gasteiger partial charge in [0, 0.05) is 11.8 Å². The fourth-order valence-corrected chi connectivity index (χ4v) is 2.17. The topological polar surface area (TPSA) is 105 Å². The molecular formula is C13H10BrN3O4. The van der Waals surface area contributed by atoms with Gasteiger partial charge in [0.15, 0.2) is 0 Å². The van der Waals surface area contributed by atoms with E-state index in [4.69, 9.17) is 5.11 Å². The molecule has 2 rings (SSSR count). The van der Waals surface area contributed by atoms with Crippen molar-refractivity contribution in [3.05, 3.63) is 56.2 Å². The number of carboxylic acids is 1. The van der Waals surface area contributed by atoms with E-state index in [0.717, 1.165) is 6.20 Å². The second-order valence-electron chi connectivity index (χ2n) is 4.24. The number of aromatic nitrogens is 1. The molecular weight excluding hydrogens is 342 g/mol. The van der Waals surface area contributed by atoms with E-state index >= 15 is 0 Å². The maximum Gasteiger partial charge on any atom is 0.335 e. The summed E-state index contributed by atoms with van der Waals surface area (Å²) in [6.45, 7) is 1.69. The number of hydrogen-bond acceptors (Lipinski definition) is 5. The third-order valence-corrected chi connectivity index (χ3v) is 3.36. The summed E-state index contributed by atoms with van der Waals surface area (Å²) in [5, 5.41) is 22.6. The molecule has 0 unspecified atom stereocenters. The normalized spacial score (nSPS) is 10.2. The molecule has 1 aromatic heterocycles. The Balaban J connectivity index is 2.28. The lowest BCUT2D eigenvalue weighted by Gasteiger charge is -2.09. The average Bonchev–Trinajstić information content (AvgIpc) is 2.40. The van der Waals surface area contributed by atoms with Gasteiger partial charge >= 0.3 is 5.97 Å². The number of nitro groups is 1. The van der Waals surface area contributed by atoms with Crippen LogP contribution in [-0.2, 0) is 0 Å². The largest absolute Gasteiger partial charge is 0.478 e. The van der Waals surface area contributed by atoms with Crippen molar-refractivity contribution in [2.75, 3.05) is 5.32 Å². The first-order chi connectivity index (χ1) is 9.88. The minimum atomic E-state index is -0.992. The Bertz CT molecular complexity index is 733. The van der Waals surface area contributed by atoms with Gasteiger partial charge in [-0.3, -0.25) is 10.1 Å². The van der Waals surface area contributed by atoms with E-state index in [1.807, 2.05) is 0 Å². The Hall–Kier alpha value is -2.48. The molecule has 0 atom stereocenters. The highest BCUT2D eigenvalue weighted by Crippen LogP contribution is 2.27. The van der Waals surface area contributed by atoms with Crippen molar-refractivity contribution in [3.8, 4) is 0 Å². The van der Waals surface area contributed by atoms with Crippen LogP contribution >= 0.6 is 15.9 Å². The van der Waals surface area contributed by atoms with Gasteiger partial charge in [-0.25, -0.2) is 9.78 Å². The number of anilines is 2. The summed E-state index contributed by atoms with van der Waals surface area (Å²) in [5.41, 5.74) is 1.34. The summed E-state index contributed by atoms with van der Waals surface area (Å²) in [6.07, 6.45) is 1.14. The molecule has 8 heteroatoms. The Kier molecular flexibility index (Phi) is 4.18. The van der Waals surface area contributed by atoms with Gasteiger partial charge in [-0.05, 0) is 46.6 Å². The molecule has 2 aromatic rings. The van der Waals surface area contributed by atoms with Gasteiger partial charge in [-0.1, -0.05) is 0 Å². The van der Waals surface area contributed by atoms with Crippen molar-refractivity contribution in [2.24, 2.45) is 0 Å². The van der Waals surface area contributed by atoms with Crippen LogP contribution in [0.25, 0.3) is 0 Å². The second kappa shape index (κ2) is 5.88. The van der Waals surface area contributed by atoms with Crippen LogP contribution in [0.1, 0.15) is 15.9 Å². The molecule has 7 nitrogen and oxygen atoms in total. The van der Waals surface area contributed by atoms with Crippen LogP contribution in [0.15, 0.2) is 34.9 Å². The number of carbonyl (C=O) groups is 1. The van der Waals surface area contributed by atoms with Crippen molar-refractivity contribution >= 4 is 39.1 Å². The van der Waals surface area contributed by atoms with E-state index in [1.54, 1.807) is 19.1 Å². The predicted octanol–water partition coefficient (Wildman–Crippen LogP) is 3.50. The van der Waals surface area contributed by atoms with Crippen molar-refractivity contribution < 1.29 is 14.8 Å². The highest BCUT2D eigenvalue weighted by Gasteiger charge is 2.12. The lowest BCUT2D eigenvalue weighted by Crippen LogP contribution is -2.01. The van der Waals surface area contributed by atoms with Crippen LogP contribution in [0, 0.1) is 17.0 Å². The first-order valence-electron chi connectivity index (χ1n) is 5.79. The van der Waals surface area contributed by atoms with Gasteiger partial charge in [0.1, 0.15) is 12.0 Å². The molecule has 0 aliphatic rings. The average molecular weight is 352 g/mol. The van der Waals surface area contributed by atoms with Crippen molar-refractivity contribution in [1.29, 1.82) is 0 Å². The van der Waals surface area contributed by atoms with Crippen molar-refractivity contribution in [2.45, 2.75) is 6.92 Å². The summed E-state index contributed by atoms with van der Waals surface area (Å²) in [4.78, 5) is 25.0. The van der Waals surface area contributed by atoms with Crippen LogP contribution in [0.5, 0.6) is 0 Å². The molecule has 108 valence electrons. The Labute approximate surface area is 127 Å². The molecule has 0 aliphatic carbocycles. The quantitative estimate of drug-likeness (QED) is 0.644. The number of aryl methyl sites for hydroxylation is 1. The summed E-state index contributed by atoms with van der Waals surface area (Å²) in [5.74, 6) is -0.586. The molecule has 0 aliphatic heterocycles. The monoisotopic (exact) mass is 351 g/mol. The fourth-order valence-electron chi connectivity index (χ4n) is 1.74. The number of halogens is 1. The Morgan fingerprint density at radius 1 is 1.43 bits per heavy atom.